The normalized spacial score (nSPS) is 12.8. The van der Waals surface area contributed by atoms with Crippen molar-refractivity contribution < 1.29 is 0 Å². The summed E-state index contributed by atoms with van der Waals surface area (Å²) in [7, 11) is 0. The number of rotatable bonds is 1. The predicted octanol–water partition coefficient (Wildman–Crippen LogP) is 8.25. The molecular weight excluding hydrogens is 502 g/mol. The molecule has 0 saturated carbocycles. The number of para-hydroxylation sites is 2. The highest BCUT2D eigenvalue weighted by atomic mass is 15.1. The highest BCUT2D eigenvalue weighted by molar-refractivity contribution is 6.15. The van der Waals surface area contributed by atoms with Crippen LogP contribution in [-0.4, -0.2) is 23.9 Å². The molecule has 0 fully saturated rings. The van der Waals surface area contributed by atoms with Crippen molar-refractivity contribution >= 4 is 60.4 Å². The van der Waals surface area contributed by atoms with E-state index in [0.29, 0.717) is 0 Å². The lowest BCUT2D eigenvalue weighted by Gasteiger charge is -2.11. The maximum absolute atomic E-state index is 5.00. The highest BCUT2D eigenvalue weighted by Crippen LogP contribution is 2.45. The van der Waals surface area contributed by atoms with Crippen molar-refractivity contribution in [1.82, 2.24) is 23.9 Å². The van der Waals surface area contributed by atoms with Crippen LogP contribution in [0.4, 0.5) is 0 Å². The minimum atomic E-state index is 0.755. The van der Waals surface area contributed by atoms with Crippen LogP contribution in [0.15, 0.2) is 116 Å². The third-order valence-electron chi connectivity index (χ3n) is 8.78. The van der Waals surface area contributed by atoms with Crippen LogP contribution in [0.2, 0.25) is 0 Å². The van der Waals surface area contributed by atoms with Gasteiger partial charge in [0.25, 0.3) is 0 Å². The van der Waals surface area contributed by atoms with E-state index in [1.807, 2.05) is 24.5 Å². The van der Waals surface area contributed by atoms with Gasteiger partial charge in [-0.3, -0.25) is 9.38 Å². The molecule has 0 saturated heterocycles. The van der Waals surface area contributed by atoms with Crippen molar-refractivity contribution in [2.45, 2.75) is 6.42 Å². The molecule has 5 heterocycles. The van der Waals surface area contributed by atoms with E-state index in [1.54, 1.807) is 0 Å². The van der Waals surface area contributed by atoms with Gasteiger partial charge in [0.15, 0.2) is 5.65 Å². The summed E-state index contributed by atoms with van der Waals surface area (Å²) in [6.45, 7) is 0. The highest BCUT2D eigenvalue weighted by Gasteiger charge is 2.25. The summed E-state index contributed by atoms with van der Waals surface area (Å²) in [6, 6.07) is 37.1. The molecule has 10 rings (SSSR count). The first kappa shape index (κ1) is 21.3. The lowest BCUT2D eigenvalue weighted by molar-refractivity contribution is 1.17. The first-order chi connectivity index (χ1) is 20.3. The van der Waals surface area contributed by atoms with Crippen molar-refractivity contribution in [3.05, 3.63) is 127 Å². The van der Waals surface area contributed by atoms with Gasteiger partial charge in [0.05, 0.1) is 27.6 Å². The molecule has 5 aromatic heterocycles. The molecule has 0 unspecified atom stereocenters. The van der Waals surface area contributed by atoms with E-state index in [2.05, 4.69) is 105 Å². The first-order valence-electron chi connectivity index (χ1n) is 13.9. The van der Waals surface area contributed by atoms with Crippen molar-refractivity contribution in [3.8, 4) is 16.8 Å². The average molecular weight is 524 g/mol. The second-order valence-electron chi connectivity index (χ2n) is 10.9. The lowest BCUT2D eigenvalue weighted by atomic mass is 9.99. The number of hydrogen-bond donors (Lipinski definition) is 0. The zero-order chi connectivity index (χ0) is 26.7. The number of benzene rings is 4. The maximum Gasteiger partial charge on any atom is 0.178 e. The van der Waals surface area contributed by atoms with Gasteiger partial charge in [0.1, 0.15) is 5.65 Å². The second-order valence-corrected chi connectivity index (χ2v) is 10.9. The van der Waals surface area contributed by atoms with Crippen LogP contribution in [-0.2, 0) is 6.42 Å². The number of fused-ring (bicyclic) bond motifs is 14. The number of imidazole rings is 1. The smallest absolute Gasteiger partial charge is 0.178 e. The van der Waals surface area contributed by atoms with Crippen molar-refractivity contribution in [2.24, 2.45) is 0 Å². The Kier molecular flexibility index (Phi) is 3.92. The molecule has 0 radical (unpaired) electrons. The Morgan fingerprint density at radius 2 is 1.27 bits per heavy atom. The fraction of sp³-hybridized carbons (Fsp3) is 0.0278. The third kappa shape index (κ3) is 2.72. The van der Waals surface area contributed by atoms with E-state index in [4.69, 9.17) is 9.97 Å². The largest absolute Gasteiger partial charge is 0.309 e. The van der Waals surface area contributed by atoms with Crippen molar-refractivity contribution in [2.75, 3.05) is 0 Å². The monoisotopic (exact) mass is 523 g/mol. The van der Waals surface area contributed by atoms with Gasteiger partial charge in [0, 0.05) is 39.6 Å². The molecule has 0 spiro atoms. The number of pyridine rings is 3. The summed E-state index contributed by atoms with van der Waals surface area (Å²) in [5, 5.41) is 4.79. The molecule has 0 N–H and O–H groups in total. The predicted molar refractivity (Wildman–Crippen MR) is 166 cm³/mol. The Bertz CT molecular complexity index is 2550. The van der Waals surface area contributed by atoms with Crippen LogP contribution in [0, 0.1) is 0 Å². The van der Waals surface area contributed by atoms with Gasteiger partial charge >= 0.3 is 0 Å². The molecule has 0 aliphatic heterocycles. The minimum Gasteiger partial charge on any atom is -0.309 e. The molecule has 0 atom stereocenters. The molecule has 0 amide bonds. The summed E-state index contributed by atoms with van der Waals surface area (Å²) in [6.07, 6.45) is 4.58. The van der Waals surface area contributed by atoms with E-state index in [9.17, 15) is 0 Å². The van der Waals surface area contributed by atoms with Crippen LogP contribution in [0.25, 0.3) is 77.2 Å². The number of hydrogen-bond acceptors (Lipinski definition) is 3. The van der Waals surface area contributed by atoms with E-state index in [0.717, 1.165) is 45.0 Å². The molecule has 9 aromatic rings. The van der Waals surface area contributed by atoms with Gasteiger partial charge in [-0.05, 0) is 95.4 Å². The maximum atomic E-state index is 5.00. The van der Waals surface area contributed by atoms with Gasteiger partial charge in [-0.25, -0.2) is 9.97 Å². The Morgan fingerprint density at radius 1 is 0.537 bits per heavy atom. The third-order valence-corrected chi connectivity index (χ3v) is 8.78. The zero-order valence-electron chi connectivity index (χ0n) is 21.9. The summed E-state index contributed by atoms with van der Waals surface area (Å²) in [4.78, 5) is 14.5. The average Bonchev–Trinajstić information content (AvgIpc) is 3.69. The van der Waals surface area contributed by atoms with Crippen LogP contribution in [0.5, 0.6) is 0 Å². The van der Waals surface area contributed by atoms with Gasteiger partial charge < -0.3 is 4.57 Å². The Hall–Kier alpha value is -5.55. The van der Waals surface area contributed by atoms with Crippen LogP contribution in [0.1, 0.15) is 11.1 Å². The standard InChI is InChI=1S/C36H21N5/c1-2-8-23(9-3-1)40-30-11-5-4-10-24(30)27-19-25-22(18-33(27)40)16-21-17-29-28(20-26(21)25)34-31(12-6-14-37-34)41-32-13-7-15-38-35(32)39-36(29)41/h1-15,17-20H,16H2. The Morgan fingerprint density at radius 3 is 2.17 bits per heavy atom. The molecule has 190 valence electrons. The molecule has 4 aromatic carbocycles. The molecule has 0 bridgehead atoms. The number of nitrogens with zero attached hydrogens (tertiary/aromatic N) is 5. The summed E-state index contributed by atoms with van der Waals surface area (Å²) < 4.78 is 4.61. The minimum absolute atomic E-state index is 0.755. The fourth-order valence-corrected chi connectivity index (χ4v) is 7.06. The van der Waals surface area contributed by atoms with Gasteiger partial charge in [0.2, 0.25) is 0 Å². The fourth-order valence-electron chi connectivity index (χ4n) is 7.06. The molecular formula is C36H21N5. The summed E-state index contributed by atoms with van der Waals surface area (Å²) >= 11 is 0. The van der Waals surface area contributed by atoms with Crippen LogP contribution >= 0.6 is 0 Å². The van der Waals surface area contributed by atoms with E-state index in [-0.39, 0.29) is 0 Å². The van der Waals surface area contributed by atoms with Crippen LogP contribution in [0.3, 0.4) is 0 Å². The SMILES string of the molecule is c1ccc(-n2c3ccccc3c3cc4c(cc32)Cc2cc3c(cc2-4)c2ncccc2n2c4cccnc4nc32)cc1. The summed E-state index contributed by atoms with van der Waals surface area (Å²) in [5.74, 6) is 0. The molecule has 41 heavy (non-hydrogen) atoms. The molecule has 1 aliphatic rings. The molecule has 5 nitrogen and oxygen atoms in total. The van der Waals surface area contributed by atoms with Gasteiger partial charge in [-0.1, -0.05) is 36.4 Å². The van der Waals surface area contributed by atoms with E-state index >= 15 is 0 Å². The van der Waals surface area contributed by atoms with Crippen molar-refractivity contribution in [3.63, 3.8) is 0 Å². The lowest BCUT2D eigenvalue weighted by Crippen LogP contribution is -1.94. The van der Waals surface area contributed by atoms with E-state index < -0.39 is 0 Å². The number of aromatic nitrogens is 5. The topological polar surface area (TPSA) is 48.0 Å². The first-order valence-corrected chi connectivity index (χ1v) is 13.9. The zero-order valence-corrected chi connectivity index (χ0v) is 21.9. The van der Waals surface area contributed by atoms with Crippen molar-refractivity contribution in [1.29, 1.82) is 0 Å². The van der Waals surface area contributed by atoms with E-state index in [1.165, 1.54) is 49.7 Å². The summed E-state index contributed by atoms with van der Waals surface area (Å²) in [5.41, 5.74) is 13.6. The quantitative estimate of drug-likeness (QED) is 0.204. The van der Waals surface area contributed by atoms with Gasteiger partial charge in [-0.15, -0.1) is 0 Å². The second kappa shape index (κ2) is 7.55. The molecule has 1 aliphatic carbocycles. The Labute approximate surface area is 234 Å². The Balaban J connectivity index is 1.30. The molecule has 5 heteroatoms. The van der Waals surface area contributed by atoms with Crippen LogP contribution < -0.4 is 0 Å². The van der Waals surface area contributed by atoms with Gasteiger partial charge in [-0.2, -0.15) is 0 Å².